The van der Waals surface area contributed by atoms with Gasteiger partial charge in [-0.05, 0) is 42.7 Å². The number of hydrogen-bond donors (Lipinski definition) is 1. The Bertz CT molecular complexity index is 901. The molecular formula is C21H22N2O3S. The number of amides is 2. The third-order valence-electron chi connectivity index (χ3n) is 4.09. The number of furan rings is 1. The molecule has 0 saturated carbocycles. The molecular weight excluding hydrogens is 360 g/mol. The highest BCUT2D eigenvalue weighted by molar-refractivity contribution is 7.18. The number of nitrogens with one attached hydrogen (secondary N) is 1. The molecule has 140 valence electrons. The van der Waals surface area contributed by atoms with Crippen molar-refractivity contribution in [2.24, 2.45) is 0 Å². The van der Waals surface area contributed by atoms with Crippen LogP contribution in [0, 0.1) is 6.92 Å². The van der Waals surface area contributed by atoms with E-state index in [1.54, 1.807) is 12.1 Å². The standard InChI is InChI=1S/C21H22N2O3S/c1-3-11-23(14-16-8-5-4-6-9-16)21(25)19-15(2)13-18(27-19)22-20(24)17-10-7-12-26-17/h4-10,12-13H,3,11,14H2,1-2H3,(H,22,24). The summed E-state index contributed by atoms with van der Waals surface area (Å²) in [4.78, 5) is 27.7. The molecule has 3 aromatic rings. The van der Waals surface area contributed by atoms with E-state index >= 15 is 0 Å². The monoisotopic (exact) mass is 382 g/mol. The Hall–Kier alpha value is -2.86. The lowest BCUT2D eigenvalue weighted by Gasteiger charge is -2.22. The summed E-state index contributed by atoms with van der Waals surface area (Å²) in [6, 6.07) is 15.0. The van der Waals surface area contributed by atoms with E-state index in [1.165, 1.54) is 17.6 Å². The molecule has 2 aromatic heterocycles. The molecule has 1 N–H and O–H groups in total. The molecule has 1 aromatic carbocycles. The van der Waals surface area contributed by atoms with Crippen LogP contribution in [0.4, 0.5) is 5.00 Å². The number of aryl methyl sites for hydroxylation is 1. The second-order valence-corrected chi connectivity index (χ2v) is 7.32. The smallest absolute Gasteiger partial charge is 0.291 e. The van der Waals surface area contributed by atoms with Gasteiger partial charge in [0.2, 0.25) is 0 Å². The van der Waals surface area contributed by atoms with Crippen LogP contribution in [0.3, 0.4) is 0 Å². The van der Waals surface area contributed by atoms with Crippen molar-refractivity contribution >= 4 is 28.2 Å². The summed E-state index contributed by atoms with van der Waals surface area (Å²) in [7, 11) is 0. The fourth-order valence-corrected chi connectivity index (χ4v) is 3.84. The third-order valence-corrected chi connectivity index (χ3v) is 5.23. The normalized spacial score (nSPS) is 10.6. The number of thiophene rings is 1. The van der Waals surface area contributed by atoms with Gasteiger partial charge in [0.1, 0.15) is 0 Å². The number of rotatable bonds is 7. The van der Waals surface area contributed by atoms with Gasteiger partial charge in [0.15, 0.2) is 5.76 Å². The van der Waals surface area contributed by atoms with E-state index < -0.39 is 0 Å². The lowest BCUT2D eigenvalue weighted by Crippen LogP contribution is -2.31. The number of benzene rings is 1. The van der Waals surface area contributed by atoms with E-state index in [2.05, 4.69) is 12.2 Å². The first-order valence-corrected chi connectivity index (χ1v) is 9.68. The van der Waals surface area contributed by atoms with Crippen LogP contribution in [0.2, 0.25) is 0 Å². The maximum Gasteiger partial charge on any atom is 0.291 e. The summed E-state index contributed by atoms with van der Waals surface area (Å²) in [5.74, 6) is -0.0951. The van der Waals surface area contributed by atoms with Gasteiger partial charge in [-0.1, -0.05) is 37.3 Å². The Morgan fingerprint density at radius 2 is 1.93 bits per heavy atom. The third kappa shape index (κ3) is 4.65. The highest BCUT2D eigenvalue weighted by Crippen LogP contribution is 2.29. The van der Waals surface area contributed by atoms with E-state index in [-0.39, 0.29) is 17.6 Å². The first kappa shape index (κ1) is 18.9. The maximum absolute atomic E-state index is 13.1. The minimum absolute atomic E-state index is 0.0123. The van der Waals surface area contributed by atoms with Crippen molar-refractivity contribution in [1.82, 2.24) is 4.90 Å². The summed E-state index contributed by atoms with van der Waals surface area (Å²) >= 11 is 1.29. The zero-order valence-electron chi connectivity index (χ0n) is 15.4. The second-order valence-electron chi connectivity index (χ2n) is 6.27. The second kappa shape index (κ2) is 8.68. The van der Waals surface area contributed by atoms with E-state index in [4.69, 9.17) is 4.42 Å². The summed E-state index contributed by atoms with van der Waals surface area (Å²) in [5.41, 5.74) is 1.95. The Morgan fingerprint density at radius 3 is 2.59 bits per heavy atom. The SMILES string of the molecule is CCCN(Cc1ccccc1)C(=O)c1sc(NC(=O)c2ccco2)cc1C. The lowest BCUT2D eigenvalue weighted by molar-refractivity contribution is 0.0747. The van der Waals surface area contributed by atoms with Crippen molar-refractivity contribution in [2.75, 3.05) is 11.9 Å². The Kier molecular flexibility index (Phi) is 6.08. The number of hydrogen-bond acceptors (Lipinski definition) is 4. The first-order valence-electron chi connectivity index (χ1n) is 8.87. The van der Waals surface area contributed by atoms with E-state index in [0.717, 1.165) is 17.5 Å². The number of anilines is 1. The Balaban J connectivity index is 1.76. The molecule has 5 nitrogen and oxygen atoms in total. The molecule has 2 heterocycles. The van der Waals surface area contributed by atoms with Gasteiger partial charge in [-0.3, -0.25) is 9.59 Å². The molecule has 0 bridgehead atoms. The molecule has 6 heteroatoms. The Labute approximate surface area is 162 Å². The van der Waals surface area contributed by atoms with Crippen LogP contribution in [0.1, 0.15) is 44.7 Å². The van der Waals surface area contributed by atoms with Gasteiger partial charge in [0.25, 0.3) is 11.8 Å². The van der Waals surface area contributed by atoms with Crippen LogP contribution in [-0.2, 0) is 6.54 Å². The fraction of sp³-hybridized carbons (Fsp3) is 0.238. The van der Waals surface area contributed by atoms with Gasteiger partial charge in [0, 0.05) is 13.1 Å². The van der Waals surface area contributed by atoms with Crippen molar-refractivity contribution in [3.63, 3.8) is 0 Å². The summed E-state index contributed by atoms with van der Waals surface area (Å²) in [6.45, 7) is 5.19. The summed E-state index contributed by atoms with van der Waals surface area (Å²) < 4.78 is 5.11. The lowest BCUT2D eigenvalue weighted by atomic mass is 10.2. The van der Waals surface area contributed by atoms with Crippen LogP contribution in [0.25, 0.3) is 0 Å². The van der Waals surface area contributed by atoms with Crippen LogP contribution in [0.5, 0.6) is 0 Å². The zero-order chi connectivity index (χ0) is 19.2. The van der Waals surface area contributed by atoms with Crippen LogP contribution in [0.15, 0.2) is 59.2 Å². The van der Waals surface area contributed by atoms with Gasteiger partial charge in [0.05, 0.1) is 16.1 Å². The number of carbonyl (C=O) groups excluding carboxylic acids is 2. The number of carbonyl (C=O) groups is 2. The van der Waals surface area contributed by atoms with Crippen LogP contribution < -0.4 is 5.32 Å². The van der Waals surface area contributed by atoms with E-state index in [1.807, 2.05) is 48.2 Å². The molecule has 0 fully saturated rings. The van der Waals surface area contributed by atoms with Crippen LogP contribution in [-0.4, -0.2) is 23.3 Å². The average molecular weight is 382 g/mol. The maximum atomic E-state index is 13.1. The molecule has 0 spiro atoms. The van der Waals surface area contributed by atoms with E-state index in [0.29, 0.717) is 23.0 Å². The topological polar surface area (TPSA) is 62.6 Å². The van der Waals surface area contributed by atoms with Crippen molar-refractivity contribution in [3.05, 3.63) is 76.6 Å². The minimum atomic E-state index is -0.324. The molecule has 2 amide bonds. The summed E-state index contributed by atoms with van der Waals surface area (Å²) in [5, 5.41) is 3.43. The molecule has 3 rings (SSSR count). The molecule has 0 aliphatic heterocycles. The molecule has 0 saturated heterocycles. The van der Waals surface area contributed by atoms with Gasteiger partial charge in [-0.2, -0.15) is 0 Å². The quantitative estimate of drug-likeness (QED) is 0.628. The molecule has 0 unspecified atom stereocenters. The largest absolute Gasteiger partial charge is 0.459 e. The van der Waals surface area contributed by atoms with Crippen molar-refractivity contribution in [1.29, 1.82) is 0 Å². The van der Waals surface area contributed by atoms with E-state index in [9.17, 15) is 9.59 Å². The minimum Gasteiger partial charge on any atom is -0.459 e. The fourth-order valence-electron chi connectivity index (χ4n) is 2.81. The zero-order valence-corrected chi connectivity index (χ0v) is 16.2. The predicted molar refractivity (Wildman–Crippen MR) is 107 cm³/mol. The van der Waals surface area contributed by atoms with Gasteiger partial charge in [-0.15, -0.1) is 11.3 Å². The highest BCUT2D eigenvalue weighted by Gasteiger charge is 2.21. The van der Waals surface area contributed by atoms with Crippen molar-refractivity contribution < 1.29 is 14.0 Å². The summed E-state index contributed by atoms with van der Waals surface area (Å²) in [6.07, 6.45) is 2.33. The van der Waals surface area contributed by atoms with Gasteiger partial charge in [-0.25, -0.2) is 0 Å². The molecule has 0 aliphatic rings. The van der Waals surface area contributed by atoms with Gasteiger partial charge < -0.3 is 14.6 Å². The van der Waals surface area contributed by atoms with Gasteiger partial charge >= 0.3 is 0 Å². The average Bonchev–Trinajstić information content (AvgIpc) is 3.32. The van der Waals surface area contributed by atoms with Crippen molar-refractivity contribution in [3.8, 4) is 0 Å². The molecule has 0 radical (unpaired) electrons. The highest BCUT2D eigenvalue weighted by atomic mass is 32.1. The molecule has 27 heavy (non-hydrogen) atoms. The van der Waals surface area contributed by atoms with Crippen molar-refractivity contribution in [2.45, 2.75) is 26.8 Å². The predicted octanol–water partition coefficient (Wildman–Crippen LogP) is 4.95. The molecule has 0 atom stereocenters. The molecule has 0 aliphatic carbocycles. The Morgan fingerprint density at radius 1 is 1.15 bits per heavy atom. The number of nitrogens with zero attached hydrogens (tertiary/aromatic N) is 1. The first-order chi connectivity index (χ1) is 13.1. The van der Waals surface area contributed by atoms with Crippen LogP contribution >= 0.6 is 11.3 Å².